The first-order chi connectivity index (χ1) is 23.7. The molecule has 50 heavy (non-hydrogen) atoms. The summed E-state index contributed by atoms with van der Waals surface area (Å²) >= 11 is 5.00. The zero-order chi connectivity index (χ0) is 37.1. The van der Waals surface area contributed by atoms with Crippen LogP contribution in [0, 0.1) is 0 Å². The van der Waals surface area contributed by atoms with E-state index in [0.717, 1.165) is 34.2 Å². The van der Waals surface area contributed by atoms with Crippen molar-refractivity contribution in [1.82, 2.24) is 24.6 Å². The lowest BCUT2D eigenvalue weighted by Crippen LogP contribution is -2.48. The molecular weight excluding hydrogens is 726 g/mol. The lowest BCUT2D eigenvalue weighted by Gasteiger charge is -2.33. The maximum absolute atomic E-state index is 14.4. The number of ether oxygens (including phenoxy) is 1. The van der Waals surface area contributed by atoms with Gasteiger partial charge in [-0.25, -0.2) is 18.4 Å². The van der Waals surface area contributed by atoms with E-state index in [1.807, 2.05) is 11.8 Å². The van der Waals surface area contributed by atoms with Crippen molar-refractivity contribution in [2.24, 2.45) is 5.73 Å². The molecule has 1 saturated heterocycles. The highest BCUT2D eigenvalue weighted by Crippen LogP contribution is 2.33. The number of hydrogen-bond donors (Lipinski definition) is 3. The molecule has 0 saturated carbocycles. The topological polar surface area (TPSA) is 144 Å². The molecule has 2 aromatic carbocycles. The number of thiol groups is 1. The van der Waals surface area contributed by atoms with Crippen LogP contribution < -0.4 is 20.7 Å². The molecule has 1 fully saturated rings. The molecule has 0 spiro atoms. The molecule has 1 amide bonds. The lowest BCUT2D eigenvalue weighted by atomic mass is 10.00. The molecule has 1 aliphatic heterocycles. The number of piperazine rings is 1. The molecule has 5 rings (SSSR count). The van der Waals surface area contributed by atoms with E-state index < -0.39 is 28.4 Å². The predicted molar refractivity (Wildman–Crippen MR) is 185 cm³/mol. The second kappa shape index (κ2) is 18.0. The number of aromatic nitrogens is 3. The quantitative estimate of drug-likeness (QED) is 0.105. The van der Waals surface area contributed by atoms with E-state index in [2.05, 4.69) is 37.6 Å². The standard InChI is InChI=1S/C21H26F2N6O2S2.C9H8F3NO2.CH4S/c1-3-17(24)21(22,23)14-5-7-15(8-6-14)33(30,31)29-11-9-28(10-12-29)20-27-19-16(32-20)13-25-18(4-2)26-19;10-9(11,12)15-8-3-1-7(2-4-8)5-13-6-14;1-2/h5-8,13,17H,3-4,9-12,24H2,1-2H3;1-4,6H,5H2,(H,13,14);2H,1H3. The molecule has 3 N–H and O–H groups in total. The van der Waals surface area contributed by atoms with Crippen LogP contribution in [0.15, 0.2) is 59.6 Å². The number of rotatable bonds is 11. The van der Waals surface area contributed by atoms with Crippen molar-refractivity contribution in [3.8, 4) is 5.75 Å². The third-order valence-electron chi connectivity index (χ3n) is 7.34. The van der Waals surface area contributed by atoms with Crippen LogP contribution in [-0.2, 0) is 33.7 Å². The summed E-state index contributed by atoms with van der Waals surface area (Å²) in [6, 6.07) is 8.68. The fraction of sp³-hybridized carbons (Fsp3) is 0.419. The van der Waals surface area contributed by atoms with Crippen LogP contribution in [0.25, 0.3) is 10.3 Å². The molecular formula is C31H38F5N7O4S3. The predicted octanol–water partition coefficient (Wildman–Crippen LogP) is 5.37. The van der Waals surface area contributed by atoms with Crippen molar-refractivity contribution in [2.75, 3.05) is 37.3 Å². The van der Waals surface area contributed by atoms with Gasteiger partial charge in [0.15, 0.2) is 10.8 Å². The number of carbonyl (C=O) groups excluding carboxylic acids is 1. The van der Waals surface area contributed by atoms with Gasteiger partial charge in [0.2, 0.25) is 16.4 Å². The number of nitrogens with one attached hydrogen (secondary N) is 1. The van der Waals surface area contributed by atoms with Crippen LogP contribution >= 0.6 is 24.0 Å². The van der Waals surface area contributed by atoms with Gasteiger partial charge in [0.05, 0.1) is 21.8 Å². The van der Waals surface area contributed by atoms with Gasteiger partial charge in [-0.2, -0.15) is 30.7 Å². The van der Waals surface area contributed by atoms with Crippen LogP contribution in [0.2, 0.25) is 0 Å². The van der Waals surface area contributed by atoms with Crippen molar-refractivity contribution < 1.29 is 39.9 Å². The van der Waals surface area contributed by atoms with Gasteiger partial charge in [-0.1, -0.05) is 49.4 Å². The summed E-state index contributed by atoms with van der Waals surface area (Å²) < 4.78 is 96.0. The Kier molecular flexibility index (Phi) is 14.7. The summed E-state index contributed by atoms with van der Waals surface area (Å²) in [5.74, 6) is -2.77. The van der Waals surface area contributed by atoms with E-state index >= 15 is 0 Å². The molecule has 0 bridgehead atoms. The first kappa shape index (κ1) is 40.8. The summed E-state index contributed by atoms with van der Waals surface area (Å²) in [4.78, 5) is 25.3. The first-order valence-electron chi connectivity index (χ1n) is 15.3. The van der Waals surface area contributed by atoms with Crippen LogP contribution in [0.4, 0.5) is 27.1 Å². The Morgan fingerprint density at radius 3 is 2.16 bits per heavy atom. The summed E-state index contributed by atoms with van der Waals surface area (Å²) in [6.07, 6.45) is 0.133. The summed E-state index contributed by atoms with van der Waals surface area (Å²) in [6.45, 7) is 5.30. The van der Waals surface area contributed by atoms with Crippen molar-refractivity contribution in [3.05, 3.63) is 71.7 Å². The largest absolute Gasteiger partial charge is 0.573 e. The SMILES string of the molecule is CCc1ncc2sc(N3CCN(S(=O)(=O)c4ccc(C(F)(F)C(N)CC)cc4)CC3)nc2n1.CS.O=CNCc1ccc(OC(F)(F)F)cc1. The van der Waals surface area contributed by atoms with Crippen LogP contribution in [0.5, 0.6) is 5.75 Å². The van der Waals surface area contributed by atoms with Gasteiger partial charge in [0.1, 0.15) is 11.6 Å². The second-order valence-electron chi connectivity index (χ2n) is 10.6. The third-order valence-corrected chi connectivity index (χ3v) is 10.3. The maximum atomic E-state index is 14.4. The number of sulfonamides is 1. The number of thiazole rings is 1. The number of halogens is 5. The van der Waals surface area contributed by atoms with Gasteiger partial charge in [0, 0.05) is 44.7 Å². The number of amides is 1. The zero-order valence-electron chi connectivity index (χ0n) is 27.4. The highest BCUT2D eigenvalue weighted by Gasteiger charge is 2.38. The van der Waals surface area contributed by atoms with E-state index in [4.69, 9.17) is 5.73 Å². The number of nitrogens with zero attached hydrogens (tertiary/aromatic N) is 5. The van der Waals surface area contributed by atoms with Gasteiger partial charge in [0.25, 0.3) is 5.92 Å². The van der Waals surface area contributed by atoms with E-state index in [1.54, 1.807) is 19.4 Å². The molecule has 0 aliphatic carbocycles. The maximum Gasteiger partial charge on any atom is 0.573 e. The number of benzene rings is 2. The van der Waals surface area contributed by atoms with Crippen molar-refractivity contribution in [3.63, 3.8) is 0 Å². The smallest absolute Gasteiger partial charge is 0.406 e. The number of anilines is 1. The molecule has 1 unspecified atom stereocenters. The molecule has 11 nitrogen and oxygen atoms in total. The van der Waals surface area contributed by atoms with E-state index in [-0.39, 0.29) is 42.3 Å². The first-order valence-corrected chi connectivity index (χ1v) is 18.4. The zero-order valence-corrected chi connectivity index (χ0v) is 29.9. The number of nitrogens with two attached hydrogens (primary N) is 1. The van der Waals surface area contributed by atoms with Crippen molar-refractivity contribution in [1.29, 1.82) is 0 Å². The molecule has 0 radical (unpaired) electrons. The highest BCUT2D eigenvalue weighted by molar-refractivity contribution is 7.89. The Hall–Kier alpha value is -3.65. The van der Waals surface area contributed by atoms with Gasteiger partial charge in [-0.15, -0.1) is 13.2 Å². The van der Waals surface area contributed by atoms with E-state index in [0.29, 0.717) is 30.7 Å². The van der Waals surface area contributed by atoms with Crippen LogP contribution in [0.1, 0.15) is 37.2 Å². The van der Waals surface area contributed by atoms with Gasteiger partial charge in [-0.3, -0.25) is 4.79 Å². The monoisotopic (exact) mass is 763 g/mol. The molecule has 4 aromatic rings. The number of carbonyl (C=O) groups is 1. The van der Waals surface area contributed by atoms with Crippen molar-refractivity contribution in [2.45, 2.75) is 56.5 Å². The number of hydrogen-bond acceptors (Lipinski definition) is 11. The third kappa shape index (κ3) is 10.7. The average Bonchev–Trinajstić information content (AvgIpc) is 3.55. The van der Waals surface area contributed by atoms with Crippen LogP contribution in [0.3, 0.4) is 0 Å². The minimum absolute atomic E-state index is 0.0112. The Labute approximate surface area is 296 Å². The highest BCUT2D eigenvalue weighted by atomic mass is 32.2. The van der Waals surface area contributed by atoms with Crippen LogP contribution in [-0.4, -0.2) is 78.9 Å². The molecule has 2 aromatic heterocycles. The molecule has 1 aliphatic rings. The van der Waals surface area contributed by atoms with Gasteiger partial charge >= 0.3 is 6.36 Å². The molecule has 19 heteroatoms. The van der Waals surface area contributed by atoms with E-state index in [1.165, 1.54) is 52.0 Å². The minimum Gasteiger partial charge on any atom is -0.406 e. The Bertz CT molecular complexity index is 1770. The number of fused-ring (bicyclic) bond motifs is 1. The minimum atomic E-state index is -4.68. The van der Waals surface area contributed by atoms with Crippen molar-refractivity contribution >= 4 is 55.9 Å². The average molecular weight is 764 g/mol. The fourth-order valence-electron chi connectivity index (χ4n) is 4.62. The Balaban J connectivity index is 0.000000334. The molecule has 3 heterocycles. The molecule has 274 valence electrons. The normalized spacial score (nSPS) is 14.6. The molecule has 1 atom stereocenters. The van der Waals surface area contributed by atoms with Gasteiger partial charge < -0.3 is 20.7 Å². The Morgan fingerprint density at radius 2 is 1.62 bits per heavy atom. The fourth-order valence-corrected chi connectivity index (χ4v) is 6.97. The Morgan fingerprint density at radius 1 is 1.00 bits per heavy atom. The second-order valence-corrected chi connectivity index (χ2v) is 13.5. The lowest BCUT2D eigenvalue weighted by molar-refractivity contribution is -0.274. The number of aryl methyl sites for hydroxylation is 1. The van der Waals surface area contributed by atoms with E-state index in [9.17, 15) is 35.2 Å². The summed E-state index contributed by atoms with van der Waals surface area (Å²) in [5.41, 5.74) is 6.59. The summed E-state index contributed by atoms with van der Waals surface area (Å²) in [7, 11) is -3.80. The van der Waals surface area contributed by atoms with Gasteiger partial charge in [-0.05, 0) is 42.5 Å². The summed E-state index contributed by atoms with van der Waals surface area (Å²) in [5, 5.41) is 3.17. The number of alkyl halides is 5.